The fraction of sp³-hybridized carbons (Fsp3) is 0.286. The maximum absolute atomic E-state index is 11.9. The molecule has 0 amide bonds. The number of methoxy groups -OCH3 is 1. The summed E-state index contributed by atoms with van der Waals surface area (Å²) in [6.07, 6.45) is 0. The molecule has 136 valence electrons. The number of nitrogens with one attached hydrogen (secondary N) is 1. The molecule has 3 rings (SSSR count). The highest BCUT2D eigenvalue weighted by atomic mass is 16.5. The van der Waals surface area contributed by atoms with Gasteiger partial charge in [0.15, 0.2) is 6.04 Å². The monoisotopic (exact) mass is 354 g/mol. The zero-order valence-electron chi connectivity index (χ0n) is 15.5. The second-order valence-electron chi connectivity index (χ2n) is 6.72. The summed E-state index contributed by atoms with van der Waals surface area (Å²) in [6, 6.07) is 18.1. The van der Waals surface area contributed by atoms with E-state index in [0.29, 0.717) is 17.4 Å². The molecule has 0 aliphatic rings. The molecule has 26 heavy (non-hydrogen) atoms. The van der Waals surface area contributed by atoms with E-state index in [9.17, 15) is 4.79 Å². The van der Waals surface area contributed by atoms with Crippen LogP contribution in [0.15, 0.2) is 63.8 Å². The molecule has 3 N–H and O–H groups in total. The van der Waals surface area contributed by atoms with E-state index in [1.54, 1.807) is 19.2 Å². The number of hydrogen-bond acceptors (Lipinski definition) is 3. The minimum Gasteiger partial charge on any atom is -0.497 e. The molecule has 0 saturated carbocycles. The molecule has 0 aliphatic carbocycles. The number of ether oxygens (including phenoxy) is 1. The maximum atomic E-state index is 11.9. The SMILES string of the molecule is COc1ccc2c(C[NH2+]C[C@H](c3ccccc3)[NH+](C)C)cc(=O)oc2c1. The normalized spacial score (nSPS) is 12.5. The van der Waals surface area contributed by atoms with Crippen molar-refractivity contribution in [2.75, 3.05) is 27.7 Å². The number of fused-ring (bicyclic) bond motifs is 1. The van der Waals surface area contributed by atoms with Crippen LogP contribution in [0.25, 0.3) is 11.0 Å². The molecule has 5 heteroatoms. The third-order valence-electron chi connectivity index (χ3n) is 4.70. The van der Waals surface area contributed by atoms with Gasteiger partial charge in [-0.25, -0.2) is 4.79 Å². The van der Waals surface area contributed by atoms with Gasteiger partial charge in [0.1, 0.15) is 24.4 Å². The van der Waals surface area contributed by atoms with Crippen LogP contribution in [0.2, 0.25) is 0 Å². The molecule has 2 aromatic carbocycles. The van der Waals surface area contributed by atoms with Gasteiger partial charge in [-0.2, -0.15) is 0 Å². The average molecular weight is 354 g/mol. The molecule has 0 bridgehead atoms. The molecule has 0 radical (unpaired) electrons. The highest BCUT2D eigenvalue weighted by molar-refractivity contribution is 5.81. The van der Waals surface area contributed by atoms with Crippen LogP contribution in [-0.4, -0.2) is 27.7 Å². The first-order valence-corrected chi connectivity index (χ1v) is 8.86. The van der Waals surface area contributed by atoms with E-state index < -0.39 is 0 Å². The summed E-state index contributed by atoms with van der Waals surface area (Å²) in [5.41, 5.74) is 2.55. The van der Waals surface area contributed by atoms with Crippen molar-refractivity contribution >= 4 is 11.0 Å². The summed E-state index contributed by atoms with van der Waals surface area (Å²) < 4.78 is 10.5. The number of quaternary nitrogens is 2. The summed E-state index contributed by atoms with van der Waals surface area (Å²) in [7, 11) is 5.94. The van der Waals surface area contributed by atoms with Gasteiger partial charge in [0.05, 0.1) is 21.2 Å². The Morgan fingerprint density at radius 3 is 2.58 bits per heavy atom. The van der Waals surface area contributed by atoms with Crippen LogP contribution in [-0.2, 0) is 6.54 Å². The molecular formula is C21H26N2O3+2. The topological polar surface area (TPSA) is 60.5 Å². The first-order valence-electron chi connectivity index (χ1n) is 8.86. The van der Waals surface area contributed by atoms with Crippen molar-refractivity contribution in [2.45, 2.75) is 12.6 Å². The fourth-order valence-corrected chi connectivity index (χ4v) is 3.30. The van der Waals surface area contributed by atoms with Gasteiger partial charge in [-0.3, -0.25) is 0 Å². The van der Waals surface area contributed by atoms with Crippen LogP contribution in [0.5, 0.6) is 5.75 Å². The molecule has 1 aromatic heterocycles. The van der Waals surface area contributed by atoms with Gasteiger partial charge in [-0.15, -0.1) is 0 Å². The molecule has 0 spiro atoms. The van der Waals surface area contributed by atoms with Crippen molar-refractivity contribution in [1.82, 2.24) is 0 Å². The van der Waals surface area contributed by atoms with E-state index >= 15 is 0 Å². The minimum absolute atomic E-state index is 0.327. The van der Waals surface area contributed by atoms with E-state index in [2.05, 4.69) is 43.7 Å². The Balaban J connectivity index is 1.78. The van der Waals surface area contributed by atoms with Gasteiger partial charge in [-0.05, 0) is 12.1 Å². The van der Waals surface area contributed by atoms with Crippen LogP contribution in [0.1, 0.15) is 17.2 Å². The van der Waals surface area contributed by atoms with Crippen LogP contribution < -0.4 is 20.6 Å². The average Bonchev–Trinajstić information content (AvgIpc) is 2.64. The van der Waals surface area contributed by atoms with Gasteiger partial charge in [0.2, 0.25) is 0 Å². The summed E-state index contributed by atoms with van der Waals surface area (Å²) in [4.78, 5) is 13.3. The number of rotatable bonds is 7. The second kappa shape index (κ2) is 8.17. The molecule has 1 atom stereocenters. The van der Waals surface area contributed by atoms with E-state index in [-0.39, 0.29) is 5.63 Å². The molecule has 3 aromatic rings. The lowest BCUT2D eigenvalue weighted by Gasteiger charge is -2.20. The maximum Gasteiger partial charge on any atom is 0.336 e. The van der Waals surface area contributed by atoms with E-state index in [1.807, 2.05) is 18.2 Å². The van der Waals surface area contributed by atoms with Crippen LogP contribution in [0, 0.1) is 0 Å². The smallest absolute Gasteiger partial charge is 0.336 e. The summed E-state index contributed by atoms with van der Waals surface area (Å²) in [6.45, 7) is 1.66. The highest BCUT2D eigenvalue weighted by Gasteiger charge is 2.19. The lowest BCUT2D eigenvalue weighted by molar-refractivity contribution is -0.910. The van der Waals surface area contributed by atoms with Crippen LogP contribution in [0.4, 0.5) is 0 Å². The van der Waals surface area contributed by atoms with Crippen molar-refractivity contribution in [1.29, 1.82) is 0 Å². The quantitative estimate of drug-likeness (QED) is 0.616. The number of nitrogens with two attached hydrogens (primary N) is 1. The molecule has 5 nitrogen and oxygen atoms in total. The molecule has 0 aliphatic heterocycles. The Labute approximate surface area is 153 Å². The lowest BCUT2D eigenvalue weighted by Crippen LogP contribution is -3.09. The highest BCUT2D eigenvalue weighted by Crippen LogP contribution is 2.22. The number of benzene rings is 2. The van der Waals surface area contributed by atoms with Gasteiger partial charge < -0.3 is 19.4 Å². The van der Waals surface area contributed by atoms with Crippen molar-refractivity contribution in [3.8, 4) is 5.75 Å². The molecule has 0 saturated heterocycles. The zero-order chi connectivity index (χ0) is 18.5. The van der Waals surface area contributed by atoms with Gasteiger partial charge in [0, 0.05) is 28.6 Å². The minimum atomic E-state index is -0.327. The molecule has 0 unspecified atom stereocenters. The summed E-state index contributed by atoms with van der Waals surface area (Å²) in [5, 5.41) is 3.21. The van der Waals surface area contributed by atoms with Crippen LogP contribution >= 0.6 is 0 Å². The predicted octanol–water partition coefficient (Wildman–Crippen LogP) is 0.751. The van der Waals surface area contributed by atoms with E-state index in [0.717, 1.165) is 24.0 Å². The summed E-state index contributed by atoms with van der Waals surface area (Å²) in [5.74, 6) is 0.683. The van der Waals surface area contributed by atoms with Gasteiger partial charge in [0.25, 0.3) is 0 Å². The Kier molecular flexibility index (Phi) is 5.71. The lowest BCUT2D eigenvalue weighted by atomic mass is 10.1. The Bertz CT molecular complexity index is 919. The number of likely N-dealkylation sites (N-methyl/N-ethyl adjacent to an activating group) is 1. The fourth-order valence-electron chi connectivity index (χ4n) is 3.30. The molecular weight excluding hydrogens is 328 g/mol. The second-order valence-corrected chi connectivity index (χ2v) is 6.72. The van der Waals surface area contributed by atoms with Gasteiger partial charge >= 0.3 is 5.63 Å². The van der Waals surface area contributed by atoms with E-state index in [1.165, 1.54) is 10.5 Å². The Morgan fingerprint density at radius 2 is 1.88 bits per heavy atom. The molecule has 0 fully saturated rings. The number of hydrogen-bond donors (Lipinski definition) is 2. The standard InChI is InChI=1S/C21H24N2O3/c1-23(2)19(15-7-5-4-6-8-15)14-22-13-16-11-21(24)26-20-12-17(25-3)9-10-18(16)20/h4-12,19,22H,13-14H2,1-3H3/p+2/t19-/m1/s1. The first-order chi connectivity index (χ1) is 12.6. The Hall–Kier alpha value is -2.63. The van der Waals surface area contributed by atoms with Crippen LogP contribution in [0.3, 0.4) is 0 Å². The summed E-state index contributed by atoms with van der Waals surface area (Å²) >= 11 is 0. The van der Waals surface area contributed by atoms with Crippen molar-refractivity contribution in [2.24, 2.45) is 0 Å². The van der Waals surface area contributed by atoms with Gasteiger partial charge in [-0.1, -0.05) is 30.3 Å². The first kappa shape index (κ1) is 18.2. The van der Waals surface area contributed by atoms with Crippen molar-refractivity contribution in [3.05, 3.63) is 76.1 Å². The Morgan fingerprint density at radius 1 is 1.12 bits per heavy atom. The zero-order valence-corrected chi connectivity index (χ0v) is 15.5. The largest absolute Gasteiger partial charge is 0.497 e. The predicted molar refractivity (Wildman–Crippen MR) is 102 cm³/mol. The third-order valence-corrected chi connectivity index (χ3v) is 4.70. The third kappa shape index (κ3) is 4.12. The van der Waals surface area contributed by atoms with Crippen molar-refractivity contribution in [3.63, 3.8) is 0 Å². The van der Waals surface area contributed by atoms with E-state index in [4.69, 9.17) is 9.15 Å². The molecule has 1 heterocycles. The van der Waals surface area contributed by atoms with Crippen molar-refractivity contribution < 1.29 is 19.4 Å².